The van der Waals surface area contributed by atoms with Gasteiger partial charge in [-0.1, -0.05) is 6.07 Å². The molecule has 1 aromatic carbocycles. The van der Waals surface area contributed by atoms with Gasteiger partial charge in [-0.2, -0.15) is 0 Å². The molecule has 0 saturated heterocycles. The summed E-state index contributed by atoms with van der Waals surface area (Å²) in [5.41, 5.74) is 4.83. The Bertz CT molecular complexity index is 813. The van der Waals surface area contributed by atoms with Gasteiger partial charge in [0, 0.05) is 30.4 Å². The minimum absolute atomic E-state index is 0.141. The molecule has 1 unspecified atom stereocenters. The van der Waals surface area contributed by atoms with Crippen LogP contribution in [-0.4, -0.2) is 29.4 Å². The van der Waals surface area contributed by atoms with Crippen LogP contribution in [0.5, 0.6) is 0 Å². The first-order valence-corrected chi connectivity index (χ1v) is 7.38. The Labute approximate surface area is 137 Å². The van der Waals surface area contributed by atoms with Crippen molar-refractivity contribution in [2.45, 2.75) is 13.0 Å². The summed E-state index contributed by atoms with van der Waals surface area (Å²) >= 11 is 0. The number of rotatable bonds is 5. The van der Waals surface area contributed by atoms with Crippen molar-refractivity contribution in [3.8, 4) is 5.69 Å². The number of nitrogens with one attached hydrogen (secondary N) is 2. The fourth-order valence-electron chi connectivity index (χ4n) is 2.41. The van der Waals surface area contributed by atoms with Crippen LogP contribution in [0, 0.1) is 5.82 Å². The molecule has 2 N–H and O–H groups in total. The first-order chi connectivity index (χ1) is 11.6. The lowest BCUT2D eigenvalue weighted by Gasteiger charge is -2.08. The highest BCUT2D eigenvalue weighted by molar-refractivity contribution is 5.74. The van der Waals surface area contributed by atoms with Crippen LogP contribution in [0.1, 0.15) is 22.8 Å². The second-order valence-electron chi connectivity index (χ2n) is 5.41. The van der Waals surface area contributed by atoms with Gasteiger partial charge in [-0.3, -0.25) is 19.9 Å². The minimum Gasteiger partial charge on any atom is -0.353 e. The molecule has 2 aromatic rings. The van der Waals surface area contributed by atoms with Gasteiger partial charge in [0.25, 0.3) is 0 Å². The van der Waals surface area contributed by atoms with Crippen molar-refractivity contribution in [3.05, 3.63) is 59.7 Å². The van der Waals surface area contributed by atoms with Crippen molar-refractivity contribution in [2.24, 2.45) is 0 Å². The molecule has 7 heteroatoms. The summed E-state index contributed by atoms with van der Waals surface area (Å²) in [6.45, 7) is 1.77. The van der Waals surface area contributed by atoms with E-state index >= 15 is 0 Å². The molecule has 3 rings (SSSR count). The van der Waals surface area contributed by atoms with Crippen molar-refractivity contribution < 1.29 is 18.8 Å². The normalized spacial score (nSPS) is 16.4. The van der Waals surface area contributed by atoms with E-state index < -0.39 is 5.82 Å². The summed E-state index contributed by atoms with van der Waals surface area (Å²) < 4.78 is 15.9. The Morgan fingerprint density at radius 1 is 1.46 bits per heavy atom. The SMILES string of the molecule is CC(=O)NCC1C=C(c2ccc(-n3ccc(C=O)c3)c(F)c2)NO1. The quantitative estimate of drug-likeness (QED) is 0.821. The van der Waals surface area contributed by atoms with Crippen LogP contribution < -0.4 is 10.8 Å². The third-order valence-corrected chi connectivity index (χ3v) is 3.61. The molecule has 0 fully saturated rings. The molecular formula is C17H16FN3O3. The third kappa shape index (κ3) is 3.36. The van der Waals surface area contributed by atoms with E-state index in [1.165, 1.54) is 13.0 Å². The molecule has 0 saturated carbocycles. The van der Waals surface area contributed by atoms with E-state index in [1.807, 2.05) is 0 Å². The molecule has 1 aromatic heterocycles. The van der Waals surface area contributed by atoms with Gasteiger partial charge in [-0.05, 0) is 24.3 Å². The molecule has 0 spiro atoms. The minimum atomic E-state index is -0.423. The zero-order valence-electron chi connectivity index (χ0n) is 13.0. The number of aldehydes is 1. The van der Waals surface area contributed by atoms with Gasteiger partial charge in [0.05, 0.1) is 17.9 Å². The van der Waals surface area contributed by atoms with Crippen LogP contribution in [0.4, 0.5) is 4.39 Å². The van der Waals surface area contributed by atoms with Gasteiger partial charge >= 0.3 is 0 Å². The highest BCUT2D eigenvalue weighted by atomic mass is 19.1. The van der Waals surface area contributed by atoms with Crippen LogP contribution in [0.15, 0.2) is 42.7 Å². The Morgan fingerprint density at radius 3 is 2.96 bits per heavy atom. The number of hydrogen-bond acceptors (Lipinski definition) is 4. The highest BCUT2D eigenvalue weighted by Crippen LogP contribution is 2.23. The second-order valence-corrected chi connectivity index (χ2v) is 5.41. The Morgan fingerprint density at radius 2 is 2.29 bits per heavy atom. The van der Waals surface area contributed by atoms with E-state index in [1.54, 1.807) is 41.2 Å². The van der Waals surface area contributed by atoms with Crippen LogP contribution in [0.2, 0.25) is 0 Å². The van der Waals surface area contributed by atoms with Gasteiger partial charge in [-0.25, -0.2) is 4.39 Å². The Balaban J connectivity index is 1.78. The van der Waals surface area contributed by atoms with Crippen LogP contribution in [0.25, 0.3) is 11.4 Å². The lowest BCUT2D eigenvalue weighted by Crippen LogP contribution is -2.30. The Hall–Kier alpha value is -2.93. The number of hydroxylamine groups is 1. The number of halogens is 1. The van der Waals surface area contributed by atoms with E-state index in [2.05, 4.69) is 10.8 Å². The van der Waals surface area contributed by atoms with E-state index in [4.69, 9.17) is 4.84 Å². The molecule has 2 heterocycles. The van der Waals surface area contributed by atoms with Crippen LogP contribution >= 0.6 is 0 Å². The molecule has 0 aliphatic carbocycles. The lowest BCUT2D eigenvalue weighted by atomic mass is 10.1. The molecule has 0 bridgehead atoms. The summed E-state index contributed by atoms with van der Waals surface area (Å²) in [6, 6.07) is 6.38. The maximum atomic E-state index is 14.4. The monoisotopic (exact) mass is 329 g/mol. The molecule has 1 atom stereocenters. The van der Waals surface area contributed by atoms with E-state index in [9.17, 15) is 14.0 Å². The summed E-state index contributed by atoms with van der Waals surface area (Å²) in [5.74, 6) is -0.564. The van der Waals surface area contributed by atoms with Gasteiger partial charge in [0.1, 0.15) is 11.9 Å². The smallest absolute Gasteiger partial charge is 0.216 e. The number of carbonyl (C=O) groups is 2. The molecule has 24 heavy (non-hydrogen) atoms. The highest BCUT2D eigenvalue weighted by Gasteiger charge is 2.18. The van der Waals surface area contributed by atoms with Gasteiger partial charge < -0.3 is 9.88 Å². The lowest BCUT2D eigenvalue weighted by molar-refractivity contribution is -0.119. The van der Waals surface area contributed by atoms with Crippen molar-refractivity contribution in [3.63, 3.8) is 0 Å². The largest absolute Gasteiger partial charge is 0.353 e. The standard InChI is InChI=1S/C17H16FN3O3/c1-11(23)19-8-14-7-16(20-24-14)13-2-3-17(15(18)6-13)21-5-4-12(9-21)10-22/h2-7,9-10,14,20H,8H2,1H3,(H,19,23). The molecule has 1 amide bonds. The number of benzene rings is 1. The first-order valence-electron chi connectivity index (χ1n) is 7.38. The van der Waals surface area contributed by atoms with Gasteiger partial charge in [0.2, 0.25) is 5.91 Å². The van der Waals surface area contributed by atoms with Crippen molar-refractivity contribution in [1.82, 2.24) is 15.4 Å². The van der Waals surface area contributed by atoms with E-state index in [0.29, 0.717) is 35.3 Å². The first kappa shape index (κ1) is 15.9. The van der Waals surface area contributed by atoms with Crippen molar-refractivity contribution in [1.29, 1.82) is 0 Å². The fraction of sp³-hybridized carbons (Fsp3) is 0.176. The van der Waals surface area contributed by atoms with Gasteiger partial charge in [-0.15, -0.1) is 0 Å². The van der Waals surface area contributed by atoms with E-state index in [-0.39, 0.29) is 12.0 Å². The number of carbonyl (C=O) groups excluding carboxylic acids is 2. The zero-order valence-corrected chi connectivity index (χ0v) is 13.0. The summed E-state index contributed by atoms with van der Waals surface area (Å²) in [5, 5.41) is 2.65. The number of amides is 1. The summed E-state index contributed by atoms with van der Waals surface area (Å²) in [4.78, 5) is 27.0. The molecule has 1 aliphatic heterocycles. The average molecular weight is 329 g/mol. The maximum Gasteiger partial charge on any atom is 0.216 e. The Kier molecular flexibility index (Phi) is 4.43. The predicted octanol–water partition coefficient (Wildman–Crippen LogP) is 1.81. The van der Waals surface area contributed by atoms with Gasteiger partial charge in [0.15, 0.2) is 6.29 Å². The zero-order chi connectivity index (χ0) is 17.1. The van der Waals surface area contributed by atoms with E-state index in [0.717, 1.165) is 0 Å². The summed E-state index contributed by atoms with van der Waals surface area (Å²) in [6.07, 6.45) is 5.37. The number of aromatic nitrogens is 1. The molecule has 1 aliphatic rings. The maximum absolute atomic E-state index is 14.4. The third-order valence-electron chi connectivity index (χ3n) is 3.61. The average Bonchev–Trinajstić information content (AvgIpc) is 3.22. The number of hydrogen-bond donors (Lipinski definition) is 2. The van der Waals surface area contributed by atoms with Crippen molar-refractivity contribution >= 4 is 17.9 Å². The molecule has 0 radical (unpaired) electrons. The van der Waals surface area contributed by atoms with Crippen LogP contribution in [0.3, 0.4) is 0 Å². The second kappa shape index (κ2) is 6.67. The van der Waals surface area contributed by atoms with Crippen molar-refractivity contribution in [2.75, 3.05) is 6.54 Å². The number of nitrogens with zero attached hydrogens (tertiary/aromatic N) is 1. The fourth-order valence-corrected chi connectivity index (χ4v) is 2.41. The summed E-state index contributed by atoms with van der Waals surface area (Å²) in [7, 11) is 0. The molecule has 124 valence electrons. The topological polar surface area (TPSA) is 72.4 Å². The molecule has 6 nitrogen and oxygen atoms in total. The van der Waals surface area contributed by atoms with Crippen LogP contribution in [-0.2, 0) is 9.63 Å². The molecular weight excluding hydrogens is 313 g/mol. The predicted molar refractivity (Wildman–Crippen MR) is 85.8 cm³/mol.